The summed E-state index contributed by atoms with van der Waals surface area (Å²) in [5.74, 6) is 3.51. The molecule has 0 saturated heterocycles. The van der Waals surface area contributed by atoms with Gasteiger partial charge in [0.25, 0.3) is 5.91 Å². The van der Waals surface area contributed by atoms with Gasteiger partial charge in [-0.05, 0) is 118 Å². The van der Waals surface area contributed by atoms with Gasteiger partial charge in [-0.25, -0.2) is 0 Å². The number of carbonyl (C=O) groups is 1. The molecule has 0 atom stereocenters. The van der Waals surface area contributed by atoms with E-state index in [1.54, 1.807) is 6.07 Å². The first kappa shape index (κ1) is 26.6. The molecule has 0 unspecified atom stereocenters. The van der Waals surface area contributed by atoms with Crippen LogP contribution in [0.3, 0.4) is 0 Å². The highest BCUT2D eigenvalue weighted by Gasteiger charge is 2.30. The van der Waals surface area contributed by atoms with E-state index in [4.69, 9.17) is 13.9 Å². The Balaban J connectivity index is 1.23. The SMILES string of the molecule is Cc1c(C)c2c(c(C)c1Cc1ccc(C(=O)NCCc3ccccc3Oc3ccccc3)o1)CCC(C)(C)O2. The molecule has 39 heavy (non-hydrogen) atoms. The lowest BCUT2D eigenvalue weighted by atomic mass is 9.84. The first-order valence-electron chi connectivity index (χ1n) is 13.7. The van der Waals surface area contributed by atoms with Gasteiger partial charge in [0.2, 0.25) is 0 Å². The molecular weight excluding hydrogens is 486 g/mol. The molecule has 2 heterocycles. The van der Waals surface area contributed by atoms with Crippen molar-refractivity contribution in [2.75, 3.05) is 6.54 Å². The predicted molar refractivity (Wildman–Crippen MR) is 154 cm³/mol. The monoisotopic (exact) mass is 523 g/mol. The van der Waals surface area contributed by atoms with Gasteiger partial charge in [-0.2, -0.15) is 0 Å². The Bertz CT molecular complexity index is 1480. The number of rotatable bonds is 8. The summed E-state index contributed by atoms with van der Waals surface area (Å²) in [4.78, 5) is 12.9. The molecule has 3 aromatic carbocycles. The lowest BCUT2D eigenvalue weighted by Crippen LogP contribution is -2.33. The number of carbonyl (C=O) groups excluding carboxylic acids is 1. The van der Waals surface area contributed by atoms with Crippen molar-refractivity contribution >= 4 is 5.91 Å². The number of nitrogens with one attached hydrogen (secondary N) is 1. The summed E-state index contributed by atoms with van der Waals surface area (Å²) in [6.45, 7) is 11.3. The fraction of sp³-hybridized carbons (Fsp3) is 0.324. The van der Waals surface area contributed by atoms with Crippen LogP contribution >= 0.6 is 0 Å². The van der Waals surface area contributed by atoms with Gasteiger partial charge in [0, 0.05) is 13.0 Å². The maximum absolute atomic E-state index is 12.9. The Labute approximate surface area is 231 Å². The second kappa shape index (κ2) is 11.0. The zero-order valence-electron chi connectivity index (χ0n) is 23.5. The lowest BCUT2D eigenvalue weighted by Gasteiger charge is -2.35. The molecule has 5 rings (SSSR count). The van der Waals surface area contributed by atoms with Crippen molar-refractivity contribution in [3.63, 3.8) is 0 Å². The van der Waals surface area contributed by atoms with Gasteiger partial charge in [-0.1, -0.05) is 36.4 Å². The highest BCUT2D eigenvalue weighted by molar-refractivity contribution is 5.91. The number of ether oxygens (including phenoxy) is 2. The van der Waals surface area contributed by atoms with E-state index in [2.05, 4.69) is 39.9 Å². The van der Waals surface area contributed by atoms with Crippen LogP contribution in [-0.2, 0) is 19.3 Å². The highest BCUT2D eigenvalue weighted by atomic mass is 16.5. The van der Waals surface area contributed by atoms with E-state index in [0.29, 0.717) is 25.1 Å². The van der Waals surface area contributed by atoms with Crippen molar-refractivity contribution in [3.05, 3.63) is 112 Å². The molecule has 0 fully saturated rings. The molecule has 1 N–H and O–H groups in total. The van der Waals surface area contributed by atoms with E-state index < -0.39 is 0 Å². The third-order valence-corrected chi connectivity index (χ3v) is 7.75. The van der Waals surface area contributed by atoms with Crippen molar-refractivity contribution in [1.29, 1.82) is 0 Å². The molecule has 0 spiro atoms. The smallest absolute Gasteiger partial charge is 0.287 e. The van der Waals surface area contributed by atoms with Gasteiger partial charge >= 0.3 is 0 Å². The van der Waals surface area contributed by atoms with Crippen molar-refractivity contribution < 1.29 is 18.7 Å². The summed E-state index contributed by atoms with van der Waals surface area (Å²) >= 11 is 0. The zero-order chi connectivity index (χ0) is 27.6. The maximum atomic E-state index is 12.9. The average molecular weight is 524 g/mol. The quantitative estimate of drug-likeness (QED) is 0.257. The zero-order valence-corrected chi connectivity index (χ0v) is 23.5. The van der Waals surface area contributed by atoms with Crippen LogP contribution in [0.25, 0.3) is 0 Å². The fourth-order valence-corrected chi connectivity index (χ4v) is 5.31. The Kier molecular flexibility index (Phi) is 7.51. The summed E-state index contributed by atoms with van der Waals surface area (Å²) in [6.07, 6.45) is 3.30. The number of para-hydroxylation sites is 2. The topological polar surface area (TPSA) is 60.7 Å². The van der Waals surface area contributed by atoms with Gasteiger partial charge in [-0.15, -0.1) is 0 Å². The molecule has 0 bridgehead atoms. The number of hydrogen-bond acceptors (Lipinski definition) is 4. The molecule has 4 aromatic rings. The summed E-state index contributed by atoms with van der Waals surface area (Å²) in [5, 5.41) is 2.99. The van der Waals surface area contributed by atoms with E-state index in [1.165, 1.54) is 27.8 Å². The molecule has 1 aliphatic rings. The first-order valence-corrected chi connectivity index (χ1v) is 13.7. The van der Waals surface area contributed by atoms with Gasteiger partial charge in [0.15, 0.2) is 5.76 Å². The van der Waals surface area contributed by atoms with Crippen LogP contribution in [0, 0.1) is 20.8 Å². The van der Waals surface area contributed by atoms with E-state index in [-0.39, 0.29) is 11.5 Å². The highest BCUT2D eigenvalue weighted by Crippen LogP contribution is 2.41. The molecule has 0 aliphatic carbocycles. The third-order valence-electron chi connectivity index (χ3n) is 7.75. The number of amides is 1. The number of fused-ring (bicyclic) bond motifs is 1. The summed E-state index contributed by atoms with van der Waals surface area (Å²) in [5.41, 5.74) is 7.13. The Hall–Kier alpha value is -3.99. The van der Waals surface area contributed by atoms with Crippen molar-refractivity contribution in [3.8, 4) is 17.2 Å². The molecule has 5 heteroatoms. The third kappa shape index (κ3) is 5.88. The molecule has 0 radical (unpaired) electrons. The maximum Gasteiger partial charge on any atom is 0.287 e. The Morgan fingerprint density at radius 2 is 1.67 bits per heavy atom. The van der Waals surface area contributed by atoms with E-state index in [0.717, 1.165) is 41.4 Å². The minimum absolute atomic E-state index is 0.140. The van der Waals surface area contributed by atoms with Crippen LogP contribution in [0.4, 0.5) is 0 Å². The van der Waals surface area contributed by atoms with Crippen LogP contribution < -0.4 is 14.8 Å². The number of furan rings is 1. The first-order chi connectivity index (χ1) is 18.7. The van der Waals surface area contributed by atoms with Crippen molar-refractivity contribution in [1.82, 2.24) is 5.32 Å². The van der Waals surface area contributed by atoms with Crippen LogP contribution in [0.5, 0.6) is 17.2 Å². The predicted octanol–water partition coefficient (Wildman–Crippen LogP) is 7.66. The largest absolute Gasteiger partial charge is 0.487 e. The van der Waals surface area contributed by atoms with E-state index >= 15 is 0 Å². The number of benzene rings is 3. The summed E-state index contributed by atoms with van der Waals surface area (Å²) < 4.78 is 18.4. The Morgan fingerprint density at radius 1 is 0.923 bits per heavy atom. The van der Waals surface area contributed by atoms with E-state index in [9.17, 15) is 4.79 Å². The van der Waals surface area contributed by atoms with Crippen LogP contribution in [-0.4, -0.2) is 18.1 Å². The molecule has 0 saturated carbocycles. The molecule has 202 valence electrons. The van der Waals surface area contributed by atoms with Crippen LogP contribution in [0.15, 0.2) is 71.1 Å². The fourth-order valence-electron chi connectivity index (χ4n) is 5.31. The lowest BCUT2D eigenvalue weighted by molar-refractivity contribution is 0.0833. The standard InChI is InChI=1S/C34H37NO4/c1-22-23(2)32-28(17-19-34(4,5)39-32)24(3)29(22)21-27-15-16-31(38-27)33(36)35-20-18-25-11-9-10-14-30(25)37-26-12-7-6-8-13-26/h6-16H,17-21H2,1-5H3,(H,35,36). The average Bonchev–Trinajstić information content (AvgIpc) is 3.40. The molecule has 1 aliphatic heterocycles. The summed E-state index contributed by atoms with van der Waals surface area (Å²) in [6, 6.07) is 21.3. The minimum Gasteiger partial charge on any atom is -0.487 e. The summed E-state index contributed by atoms with van der Waals surface area (Å²) in [7, 11) is 0. The van der Waals surface area contributed by atoms with Gasteiger partial charge in [-0.3, -0.25) is 4.79 Å². The second-order valence-electron chi connectivity index (χ2n) is 11.0. The van der Waals surface area contributed by atoms with Gasteiger partial charge in [0.05, 0.1) is 0 Å². The second-order valence-corrected chi connectivity index (χ2v) is 11.0. The van der Waals surface area contributed by atoms with Crippen molar-refractivity contribution in [2.45, 2.75) is 65.9 Å². The minimum atomic E-state index is -0.214. The van der Waals surface area contributed by atoms with Gasteiger partial charge in [0.1, 0.15) is 28.6 Å². The molecule has 5 nitrogen and oxygen atoms in total. The van der Waals surface area contributed by atoms with Crippen LogP contribution in [0.1, 0.15) is 70.0 Å². The van der Waals surface area contributed by atoms with Gasteiger partial charge < -0.3 is 19.2 Å². The normalized spacial score (nSPS) is 13.9. The van der Waals surface area contributed by atoms with Crippen LogP contribution in [0.2, 0.25) is 0 Å². The van der Waals surface area contributed by atoms with Crippen molar-refractivity contribution in [2.24, 2.45) is 0 Å². The number of hydrogen-bond donors (Lipinski definition) is 1. The van der Waals surface area contributed by atoms with E-state index in [1.807, 2.05) is 60.7 Å². The molecular formula is C34H37NO4. The molecule has 1 aromatic heterocycles. The molecule has 1 amide bonds. The Morgan fingerprint density at radius 3 is 2.46 bits per heavy atom.